The zero-order valence-electron chi connectivity index (χ0n) is 13.5. The van der Waals surface area contributed by atoms with Crippen molar-refractivity contribution in [2.45, 2.75) is 6.18 Å². The van der Waals surface area contributed by atoms with E-state index in [0.717, 1.165) is 9.64 Å². The monoisotopic (exact) mass is 464 g/mol. The molecule has 0 aliphatic rings. The number of ether oxygens (including phenoxy) is 1. The van der Waals surface area contributed by atoms with Crippen LogP contribution in [-0.2, 0) is 11.0 Å². The Labute approximate surface area is 157 Å². The minimum absolute atomic E-state index is 0.297. The molecular formula is C17H16F3IN2O2. The molecule has 0 aliphatic heterocycles. The maximum atomic E-state index is 13.2. The van der Waals surface area contributed by atoms with Crippen LogP contribution in [-0.4, -0.2) is 26.6 Å². The van der Waals surface area contributed by atoms with Crippen molar-refractivity contribution in [1.82, 2.24) is 0 Å². The Balaban J connectivity index is 2.10. The quantitative estimate of drug-likeness (QED) is 0.668. The summed E-state index contributed by atoms with van der Waals surface area (Å²) in [5.41, 5.74) is -0.809. The van der Waals surface area contributed by atoms with E-state index in [0.29, 0.717) is 11.4 Å². The highest BCUT2D eigenvalue weighted by molar-refractivity contribution is 14.1. The van der Waals surface area contributed by atoms with E-state index in [2.05, 4.69) is 27.9 Å². The van der Waals surface area contributed by atoms with Crippen molar-refractivity contribution in [3.05, 3.63) is 51.6 Å². The zero-order valence-corrected chi connectivity index (χ0v) is 15.7. The SMILES string of the molecule is CN(C)c1ccc(NC(=O)COc2ccc(I)cc2)c(C(F)(F)F)c1. The molecular weight excluding hydrogens is 448 g/mol. The van der Waals surface area contributed by atoms with Crippen molar-refractivity contribution in [2.24, 2.45) is 0 Å². The number of carbonyl (C=O) groups is 1. The summed E-state index contributed by atoms with van der Waals surface area (Å²) in [5.74, 6) is -0.198. The van der Waals surface area contributed by atoms with Gasteiger partial charge < -0.3 is 15.0 Å². The maximum absolute atomic E-state index is 13.2. The van der Waals surface area contributed by atoms with Gasteiger partial charge in [-0.1, -0.05) is 0 Å². The molecule has 134 valence electrons. The fraction of sp³-hybridized carbons (Fsp3) is 0.235. The number of anilines is 2. The molecule has 0 spiro atoms. The smallest absolute Gasteiger partial charge is 0.418 e. The fourth-order valence-corrected chi connectivity index (χ4v) is 2.38. The lowest BCUT2D eigenvalue weighted by Gasteiger charge is -2.18. The van der Waals surface area contributed by atoms with E-state index in [1.807, 2.05) is 0 Å². The third-order valence-electron chi connectivity index (χ3n) is 3.28. The standard InChI is InChI=1S/C17H16F3IN2O2/c1-23(2)12-5-8-15(14(9-12)17(18,19)20)22-16(24)10-25-13-6-3-11(21)4-7-13/h3-9H,10H2,1-2H3,(H,22,24). The molecule has 0 saturated heterocycles. The second-order valence-corrected chi connectivity index (χ2v) is 6.66. The minimum atomic E-state index is -4.58. The molecule has 4 nitrogen and oxygen atoms in total. The second-order valence-electron chi connectivity index (χ2n) is 5.41. The lowest BCUT2D eigenvalue weighted by molar-refractivity contribution is -0.137. The Morgan fingerprint density at radius 3 is 2.36 bits per heavy atom. The molecule has 0 bridgehead atoms. The summed E-state index contributed by atoms with van der Waals surface area (Å²) in [4.78, 5) is 13.5. The molecule has 0 fully saturated rings. The predicted molar refractivity (Wildman–Crippen MR) is 99.1 cm³/mol. The van der Waals surface area contributed by atoms with Crippen LogP contribution < -0.4 is 15.0 Å². The van der Waals surface area contributed by atoms with E-state index in [1.165, 1.54) is 12.1 Å². The van der Waals surface area contributed by atoms with Gasteiger partial charge >= 0.3 is 6.18 Å². The molecule has 1 amide bonds. The summed E-state index contributed by atoms with van der Waals surface area (Å²) in [6, 6.07) is 10.7. The van der Waals surface area contributed by atoms with E-state index in [-0.39, 0.29) is 12.3 Å². The van der Waals surface area contributed by atoms with Gasteiger partial charge in [-0.05, 0) is 65.1 Å². The Kier molecular flexibility index (Phi) is 6.15. The van der Waals surface area contributed by atoms with E-state index in [4.69, 9.17) is 4.74 Å². The number of benzene rings is 2. The van der Waals surface area contributed by atoms with Gasteiger partial charge in [-0.25, -0.2) is 0 Å². The number of hydrogen-bond acceptors (Lipinski definition) is 3. The van der Waals surface area contributed by atoms with Crippen LogP contribution in [0.15, 0.2) is 42.5 Å². The van der Waals surface area contributed by atoms with E-state index in [1.54, 1.807) is 43.3 Å². The summed E-state index contributed by atoms with van der Waals surface area (Å²) in [7, 11) is 3.28. The van der Waals surface area contributed by atoms with Crippen LogP contribution in [0.4, 0.5) is 24.5 Å². The molecule has 1 N–H and O–H groups in total. The zero-order chi connectivity index (χ0) is 18.6. The number of nitrogens with zero attached hydrogens (tertiary/aromatic N) is 1. The first kappa shape index (κ1) is 19.4. The number of rotatable bonds is 5. The van der Waals surface area contributed by atoms with E-state index in [9.17, 15) is 18.0 Å². The molecule has 0 aromatic heterocycles. The highest BCUT2D eigenvalue weighted by atomic mass is 127. The molecule has 2 aromatic rings. The van der Waals surface area contributed by atoms with E-state index >= 15 is 0 Å². The van der Waals surface area contributed by atoms with Crippen LogP contribution in [0.3, 0.4) is 0 Å². The number of nitrogens with one attached hydrogen (secondary N) is 1. The van der Waals surface area contributed by atoms with Crippen molar-refractivity contribution in [2.75, 3.05) is 30.9 Å². The van der Waals surface area contributed by atoms with Crippen molar-refractivity contribution in [1.29, 1.82) is 0 Å². The van der Waals surface area contributed by atoms with Gasteiger partial charge in [0.1, 0.15) is 5.75 Å². The van der Waals surface area contributed by atoms with Gasteiger partial charge in [-0.15, -0.1) is 0 Å². The average molecular weight is 464 g/mol. The first-order valence-corrected chi connectivity index (χ1v) is 8.31. The van der Waals surface area contributed by atoms with Gasteiger partial charge in [0.25, 0.3) is 5.91 Å². The highest BCUT2D eigenvalue weighted by Gasteiger charge is 2.34. The summed E-state index contributed by atoms with van der Waals surface area (Å²) < 4.78 is 46.0. The Morgan fingerprint density at radius 1 is 1.16 bits per heavy atom. The summed E-state index contributed by atoms with van der Waals surface area (Å²) in [6.45, 7) is -0.382. The lowest BCUT2D eigenvalue weighted by atomic mass is 10.1. The van der Waals surface area contributed by atoms with Crippen molar-refractivity contribution in [3.63, 3.8) is 0 Å². The second kappa shape index (κ2) is 7.94. The molecule has 0 radical (unpaired) electrons. The van der Waals surface area contributed by atoms with Crippen molar-refractivity contribution >= 4 is 39.9 Å². The van der Waals surface area contributed by atoms with E-state index < -0.39 is 17.6 Å². The molecule has 0 aliphatic carbocycles. The third-order valence-corrected chi connectivity index (χ3v) is 4.00. The van der Waals surface area contributed by atoms with Crippen molar-refractivity contribution in [3.8, 4) is 5.75 Å². The fourth-order valence-electron chi connectivity index (χ4n) is 2.02. The topological polar surface area (TPSA) is 41.6 Å². The Morgan fingerprint density at radius 2 is 1.80 bits per heavy atom. The molecule has 2 aromatic carbocycles. The van der Waals surface area contributed by atoms with Gasteiger partial charge in [0.15, 0.2) is 6.61 Å². The molecule has 0 saturated carbocycles. The maximum Gasteiger partial charge on any atom is 0.418 e. The normalized spacial score (nSPS) is 11.1. The van der Waals surface area contributed by atoms with Crippen LogP contribution in [0.2, 0.25) is 0 Å². The van der Waals surface area contributed by atoms with Crippen LogP contribution >= 0.6 is 22.6 Å². The lowest BCUT2D eigenvalue weighted by Crippen LogP contribution is -2.22. The Bertz CT molecular complexity index is 747. The van der Waals surface area contributed by atoms with Crippen molar-refractivity contribution < 1.29 is 22.7 Å². The van der Waals surface area contributed by atoms with Crippen LogP contribution in [0.25, 0.3) is 0 Å². The average Bonchev–Trinajstić information content (AvgIpc) is 2.53. The predicted octanol–water partition coefficient (Wildman–Crippen LogP) is 4.39. The van der Waals surface area contributed by atoms with Crippen LogP contribution in [0, 0.1) is 3.57 Å². The molecule has 0 unspecified atom stereocenters. The van der Waals surface area contributed by atoms with Gasteiger partial charge in [0.2, 0.25) is 0 Å². The minimum Gasteiger partial charge on any atom is -0.484 e. The molecule has 0 heterocycles. The first-order valence-electron chi connectivity index (χ1n) is 7.23. The van der Waals surface area contributed by atoms with Gasteiger partial charge in [0.05, 0.1) is 11.3 Å². The number of hydrogen-bond donors (Lipinski definition) is 1. The highest BCUT2D eigenvalue weighted by Crippen LogP contribution is 2.37. The van der Waals surface area contributed by atoms with Gasteiger partial charge in [-0.2, -0.15) is 13.2 Å². The largest absolute Gasteiger partial charge is 0.484 e. The summed E-state index contributed by atoms with van der Waals surface area (Å²) in [6.07, 6.45) is -4.58. The molecule has 8 heteroatoms. The van der Waals surface area contributed by atoms with Gasteiger partial charge in [0, 0.05) is 23.4 Å². The molecule has 0 atom stereocenters. The third kappa shape index (κ3) is 5.52. The summed E-state index contributed by atoms with van der Waals surface area (Å²) in [5, 5.41) is 2.26. The molecule has 25 heavy (non-hydrogen) atoms. The van der Waals surface area contributed by atoms with Gasteiger partial charge in [-0.3, -0.25) is 4.79 Å². The molecule has 2 rings (SSSR count). The van der Waals surface area contributed by atoms with Crippen LogP contribution in [0.5, 0.6) is 5.75 Å². The Hall–Kier alpha value is -1.97. The first-order chi connectivity index (χ1) is 11.7. The number of alkyl halides is 3. The number of amides is 1. The summed E-state index contributed by atoms with van der Waals surface area (Å²) >= 11 is 2.13. The number of halogens is 4. The van der Waals surface area contributed by atoms with Crippen LogP contribution in [0.1, 0.15) is 5.56 Å². The number of carbonyl (C=O) groups excluding carboxylic acids is 1.